The summed E-state index contributed by atoms with van der Waals surface area (Å²) in [5.74, 6) is -0.132. The Labute approximate surface area is 236 Å². The number of morpholine rings is 1. The fourth-order valence-corrected chi connectivity index (χ4v) is 7.16. The number of halogens is 1. The fourth-order valence-electron chi connectivity index (χ4n) is 5.36. The van der Waals surface area contributed by atoms with Gasteiger partial charge in [-0.3, -0.25) is 4.79 Å². The Balaban J connectivity index is 1.47. The molecule has 3 heterocycles. The van der Waals surface area contributed by atoms with Crippen molar-refractivity contribution in [2.45, 2.75) is 18.4 Å². The van der Waals surface area contributed by atoms with Crippen LogP contribution in [-0.4, -0.2) is 56.0 Å². The first-order valence-corrected chi connectivity index (χ1v) is 15.2. The van der Waals surface area contributed by atoms with Crippen LogP contribution in [0.4, 0.5) is 5.69 Å². The molecule has 2 aliphatic heterocycles. The Morgan fingerprint density at radius 3 is 2.51 bits per heavy atom. The molecule has 200 valence electrons. The summed E-state index contributed by atoms with van der Waals surface area (Å²) >= 11 is 3.60. The van der Waals surface area contributed by atoms with Crippen molar-refractivity contribution in [3.05, 3.63) is 94.1 Å². The van der Waals surface area contributed by atoms with Gasteiger partial charge in [-0.2, -0.15) is 4.31 Å². The molecule has 9 heteroatoms. The normalized spacial score (nSPS) is 17.3. The number of benzene rings is 3. The van der Waals surface area contributed by atoms with Crippen molar-refractivity contribution >= 4 is 60.1 Å². The molecule has 0 atom stereocenters. The van der Waals surface area contributed by atoms with E-state index in [4.69, 9.17) is 4.74 Å². The third-order valence-corrected chi connectivity index (χ3v) is 9.71. The highest BCUT2D eigenvalue weighted by Gasteiger charge is 2.34. The number of ether oxygens (including phenoxy) is 1. The minimum absolute atomic E-state index is 0.132. The van der Waals surface area contributed by atoms with Crippen LogP contribution in [0.1, 0.15) is 23.6 Å². The van der Waals surface area contributed by atoms with Crippen LogP contribution in [0.25, 0.3) is 22.6 Å². The number of carbonyl (C=O) groups is 1. The molecule has 0 spiro atoms. The van der Waals surface area contributed by atoms with E-state index in [1.807, 2.05) is 37.3 Å². The topological polar surface area (TPSA) is 71.9 Å². The van der Waals surface area contributed by atoms with Crippen molar-refractivity contribution in [2.75, 3.05) is 37.7 Å². The molecule has 0 bridgehead atoms. The lowest BCUT2D eigenvalue weighted by Gasteiger charge is -2.26. The van der Waals surface area contributed by atoms with Crippen molar-refractivity contribution in [2.24, 2.45) is 0 Å². The molecule has 0 saturated carbocycles. The summed E-state index contributed by atoms with van der Waals surface area (Å²) in [5.41, 5.74) is 4.98. The van der Waals surface area contributed by atoms with Gasteiger partial charge in [0, 0.05) is 64.5 Å². The van der Waals surface area contributed by atoms with Crippen molar-refractivity contribution < 1.29 is 17.9 Å². The van der Waals surface area contributed by atoms with E-state index in [9.17, 15) is 13.2 Å². The van der Waals surface area contributed by atoms with Gasteiger partial charge in [0.05, 0.1) is 23.8 Å². The molecule has 1 amide bonds. The molecule has 0 N–H and O–H groups in total. The second-order valence-corrected chi connectivity index (χ2v) is 12.5. The van der Waals surface area contributed by atoms with E-state index >= 15 is 0 Å². The maximum atomic E-state index is 13.6. The SMILES string of the molecule is CCN1C(=O)C(=Cc2cn(Cc3ccccc3)c3ccc(Br)cc23)c2cc(S(=O)(=O)N3CCOCC3)ccc21. The zero-order valence-electron chi connectivity index (χ0n) is 21.5. The minimum atomic E-state index is -3.71. The molecule has 0 aliphatic carbocycles. The molecule has 39 heavy (non-hydrogen) atoms. The number of nitrogens with zero attached hydrogens (tertiary/aromatic N) is 3. The Morgan fingerprint density at radius 2 is 1.77 bits per heavy atom. The van der Waals surface area contributed by atoms with Crippen LogP contribution in [-0.2, 0) is 26.1 Å². The predicted octanol–water partition coefficient (Wildman–Crippen LogP) is 5.38. The first-order chi connectivity index (χ1) is 18.9. The number of rotatable bonds is 6. The molecule has 0 radical (unpaired) electrons. The molecule has 2 aliphatic rings. The lowest BCUT2D eigenvalue weighted by atomic mass is 10.0. The van der Waals surface area contributed by atoms with Gasteiger partial charge in [-0.15, -0.1) is 0 Å². The second kappa shape index (κ2) is 10.4. The molecular formula is C30H28BrN3O4S. The number of likely N-dealkylation sites (N-methyl/N-ethyl adjacent to an activating group) is 1. The van der Waals surface area contributed by atoms with Crippen molar-refractivity contribution in [1.82, 2.24) is 8.87 Å². The van der Waals surface area contributed by atoms with Crippen molar-refractivity contribution in [1.29, 1.82) is 0 Å². The van der Waals surface area contributed by atoms with E-state index in [0.717, 1.165) is 26.6 Å². The molecule has 1 aromatic heterocycles. The summed E-state index contributed by atoms with van der Waals surface area (Å²) in [6.07, 6.45) is 3.96. The Hall–Kier alpha value is -3.24. The van der Waals surface area contributed by atoms with Crippen molar-refractivity contribution in [3.8, 4) is 0 Å². The molecule has 4 aromatic rings. The van der Waals surface area contributed by atoms with Gasteiger partial charge >= 0.3 is 0 Å². The number of sulfonamides is 1. The van der Waals surface area contributed by atoms with Gasteiger partial charge in [0.1, 0.15) is 0 Å². The molecule has 0 unspecified atom stereocenters. The molecule has 6 rings (SSSR count). The van der Waals surface area contributed by atoms with Crippen LogP contribution >= 0.6 is 15.9 Å². The maximum Gasteiger partial charge on any atom is 0.258 e. The lowest BCUT2D eigenvalue weighted by Crippen LogP contribution is -2.40. The number of aromatic nitrogens is 1. The van der Waals surface area contributed by atoms with Crippen LogP contribution in [0.15, 0.2) is 82.3 Å². The quantitative estimate of drug-likeness (QED) is 0.277. The number of fused-ring (bicyclic) bond motifs is 2. The first-order valence-electron chi connectivity index (χ1n) is 12.9. The van der Waals surface area contributed by atoms with Crippen LogP contribution in [0, 0.1) is 0 Å². The van der Waals surface area contributed by atoms with Gasteiger partial charge < -0.3 is 14.2 Å². The van der Waals surface area contributed by atoms with Crippen LogP contribution in [0.5, 0.6) is 0 Å². The Kier molecular flexibility index (Phi) is 6.93. The number of hydrogen-bond acceptors (Lipinski definition) is 4. The third-order valence-electron chi connectivity index (χ3n) is 7.32. The van der Waals surface area contributed by atoms with Crippen LogP contribution in [0.3, 0.4) is 0 Å². The lowest BCUT2D eigenvalue weighted by molar-refractivity contribution is -0.112. The molecule has 1 saturated heterocycles. The summed E-state index contributed by atoms with van der Waals surface area (Å²) in [4.78, 5) is 15.5. The van der Waals surface area contributed by atoms with Gasteiger partial charge in [-0.05, 0) is 55.0 Å². The van der Waals surface area contributed by atoms with Gasteiger partial charge in [-0.1, -0.05) is 46.3 Å². The summed E-state index contributed by atoms with van der Waals surface area (Å²) in [6, 6.07) is 21.4. The highest BCUT2D eigenvalue weighted by atomic mass is 79.9. The predicted molar refractivity (Wildman–Crippen MR) is 157 cm³/mol. The molecule has 7 nitrogen and oxygen atoms in total. The number of amides is 1. The number of carbonyl (C=O) groups excluding carboxylic acids is 1. The van der Waals surface area contributed by atoms with Crippen molar-refractivity contribution in [3.63, 3.8) is 0 Å². The highest BCUT2D eigenvalue weighted by Crippen LogP contribution is 2.40. The standard InChI is InChI=1S/C30H28BrN3O4S/c1-2-34-29-11-9-24(39(36,37)33-12-14-38-15-13-33)18-26(29)27(30(34)35)16-22-20-32(19-21-6-4-3-5-7-21)28-10-8-23(31)17-25(22)28/h3-11,16-18,20H,2,12-15,19H2,1H3. The van der Waals surface area contributed by atoms with Crippen LogP contribution in [0.2, 0.25) is 0 Å². The monoisotopic (exact) mass is 605 g/mol. The summed E-state index contributed by atoms with van der Waals surface area (Å²) in [7, 11) is -3.71. The van der Waals surface area contributed by atoms with E-state index in [1.54, 1.807) is 23.1 Å². The van der Waals surface area contributed by atoms with Gasteiger partial charge in [0.25, 0.3) is 5.91 Å². The summed E-state index contributed by atoms with van der Waals surface area (Å²) in [6.45, 7) is 4.48. The average Bonchev–Trinajstić information content (AvgIpc) is 3.42. The van der Waals surface area contributed by atoms with Crippen LogP contribution < -0.4 is 4.90 Å². The fraction of sp³-hybridized carbons (Fsp3) is 0.233. The highest BCUT2D eigenvalue weighted by molar-refractivity contribution is 9.10. The van der Waals surface area contributed by atoms with Gasteiger partial charge in [0.15, 0.2) is 0 Å². The Bertz CT molecular complexity index is 1710. The second-order valence-electron chi connectivity index (χ2n) is 9.66. The largest absolute Gasteiger partial charge is 0.379 e. The van der Waals surface area contributed by atoms with E-state index in [2.05, 4.69) is 51.0 Å². The van der Waals surface area contributed by atoms with Gasteiger partial charge in [-0.25, -0.2) is 8.42 Å². The first kappa shape index (κ1) is 26.0. The zero-order chi connectivity index (χ0) is 27.1. The molecular weight excluding hydrogens is 578 g/mol. The summed E-state index contributed by atoms with van der Waals surface area (Å²) < 4.78 is 36.8. The smallest absolute Gasteiger partial charge is 0.258 e. The van der Waals surface area contributed by atoms with E-state index in [1.165, 1.54) is 9.87 Å². The van der Waals surface area contributed by atoms with E-state index in [-0.39, 0.29) is 10.8 Å². The van der Waals surface area contributed by atoms with Gasteiger partial charge in [0.2, 0.25) is 10.0 Å². The maximum absolute atomic E-state index is 13.6. The van der Waals surface area contributed by atoms with E-state index < -0.39 is 10.0 Å². The molecule has 1 fully saturated rings. The number of hydrogen-bond donors (Lipinski definition) is 0. The average molecular weight is 607 g/mol. The third kappa shape index (κ3) is 4.74. The minimum Gasteiger partial charge on any atom is -0.379 e. The summed E-state index contributed by atoms with van der Waals surface area (Å²) in [5, 5.41) is 1.01. The van der Waals surface area contributed by atoms with E-state index in [0.29, 0.717) is 50.5 Å². The Morgan fingerprint density at radius 1 is 1.00 bits per heavy atom. The number of anilines is 1. The molecule has 3 aromatic carbocycles. The zero-order valence-corrected chi connectivity index (χ0v) is 23.9.